The summed E-state index contributed by atoms with van der Waals surface area (Å²) in [7, 11) is 0. The van der Waals surface area contributed by atoms with Crippen molar-refractivity contribution in [1.82, 2.24) is 5.43 Å². The standard InChI is InChI=1S/C21H23N3O3/c1-21(2,3)19(23-24-20(25)22-16-7-5-4-6-8-16)12-10-15-9-11-17-18(13-15)27-14-26-17/h4-13H,14H2,1-3H3,(H2,22,24,25)/b12-10+,23-19+. The summed E-state index contributed by atoms with van der Waals surface area (Å²) in [6.07, 6.45) is 3.82. The molecule has 27 heavy (non-hydrogen) atoms. The fraction of sp³-hybridized carbons (Fsp3) is 0.238. The Morgan fingerprint density at radius 3 is 2.56 bits per heavy atom. The number of fused-ring (bicyclic) bond motifs is 1. The Kier molecular flexibility index (Phi) is 5.45. The van der Waals surface area contributed by atoms with Gasteiger partial charge < -0.3 is 14.8 Å². The van der Waals surface area contributed by atoms with Gasteiger partial charge in [-0.1, -0.05) is 51.1 Å². The highest BCUT2D eigenvalue weighted by atomic mass is 16.7. The smallest absolute Gasteiger partial charge is 0.339 e. The molecule has 0 spiro atoms. The third kappa shape index (κ3) is 5.10. The molecule has 0 radical (unpaired) electrons. The highest BCUT2D eigenvalue weighted by Crippen LogP contribution is 2.33. The predicted octanol–water partition coefficient (Wildman–Crippen LogP) is 4.65. The molecule has 0 atom stereocenters. The lowest BCUT2D eigenvalue weighted by molar-refractivity contribution is 0.174. The number of benzene rings is 2. The second-order valence-electron chi connectivity index (χ2n) is 7.13. The number of amides is 2. The van der Waals surface area contributed by atoms with Gasteiger partial charge in [-0.25, -0.2) is 10.2 Å². The molecule has 1 aliphatic heterocycles. The van der Waals surface area contributed by atoms with Crippen LogP contribution in [-0.2, 0) is 0 Å². The van der Waals surface area contributed by atoms with Gasteiger partial charge >= 0.3 is 6.03 Å². The number of nitrogens with zero attached hydrogens (tertiary/aromatic N) is 1. The summed E-state index contributed by atoms with van der Waals surface area (Å²) in [6, 6.07) is 14.6. The van der Waals surface area contributed by atoms with Crippen LogP contribution in [0.1, 0.15) is 26.3 Å². The van der Waals surface area contributed by atoms with Gasteiger partial charge in [-0.05, 0) is 35.9 Å². The van der Waals surface area contributed by atoms with Crippen molar-refractivity contribution in [2.24, 2.45) is 10.5 Å². The lowest BCUT2D eigenvalue weighted by Gasteiger charge is -2.18. The van der Waals surface area contributed by atoms with Crippen LogP contribution in [0.15, 0.2) is 59.7 Å². The first kappa shape index (κ1) is 18.5. The molecule has 0 saturated carbocycles. The minimum absolute atomic E-state index is 0.243. The summed E-state index contributed by atoms with van der Waals surface area (Å²) < 4.78 is 10.7. The fourth-order valence-electron chi connectivity index (χ4n) is 2.44. The number of carbonyl (C=O) groups is 1. The Morgan fingerprint density at radius 1 is 1.07 bits per heavy atom. The number of hydrazone groups is 1. The molecule has 2 amide bonds. The highest BCUT2D eigenvalue weighted by Gasteiger charge is 2.18. The molecular formula is C21H23N3O3. The molecule has 2 aromatic carbocycles. The maximum Gasteiger partial charge on any atom is 0.339 e. The molecule has 0 bridgehead atoms. The van der Waals surface area contributed by atoms with E-state index in [0.29, 0.717) is 5.69 Å². The minimum Gasteiger partial charge on any atom is -0.454 e. The maximum absolute atomic E-state index is 12.1. The first-order valence-corrected chi connectivity index (χ1v) is 8.70. The van der Waals surface area contributed by atoms with E-state index in [2.05, 4.69) is 15.8 Å². The molecule has 0 aromatic heterocycles. The summed E-state index contributed by atoms with van der Waals surface area (Å²) in [6.45, 7) is 6.35. The van der Waals surface area contributed by atoms with Crippen molar-refractivity contribution >= 4 is 23.5 Å². The zero-order valence-corrected chi connectivity index (χ0v) is 15.7. The zero-order valence-electron chi connectivity index (χ0n) is 15.7. The molecule has 140 valence electrons. The van der Waals surface area contributed by atoms with Crippen LogP contribution in [0.2, 0.25) is 0 Å². The molecule has 1 heterocycles. The van der Waals surface area contributed by atoms with Crippen LogP contribution in [0.25, 0.3) is 6.08 Å². The van der Waals surface area contributed by atoms with Gasteiger partial charge in [-0.3, -0.25) is 0 Å². The number of hydrogen-bond acceptors (Lipinski definition) is 4. The number of carbonyl (C=O) groups excluding carboxylic acids is 1. The van der Waals surface area contributed by atoms with Crippen LogP contribution in [0, 0.1) is 5.41 Å². The summed E-state index contributed by atoms with van der Waals surface area (Å²) >= 11 is 0. The van der Waals surface area contributed by atoms with E-state index in [1.807, 2.05) is 81.5 Å². The number of ether oxygens (including phenoxy) is 2. The molecule has 6 heteroatoms. The maximum atomic E-state index is 12.1. The first-order chi connectivity index (χ1) is 12.9. The Labute approximate surface area is 158 Å². The molecule has 6 nitrogen and oxygen atoms in total. The molecule has 0 fully saturated rings. The monoisotopic (exact) mass is 365 g/mol. The van der Waals surface area contributed by atoms with Gasteiger partial charge in [0, 0.05) is 11.1 Å². The van der Waals surface area contributed by atoms with E-state index in [-0.39, 0.29) is 18.2 Å². The minimum atomic E-state index is -0.389. The summed E-state index contributed by atoms with van der Waals surface area (Å²) in [4.78, 5) is 12.1. The molecule has 0 saturated heterocycles. The second-order valence-corrected chi connectivity index (χ2v) is 7.13. The molecule has 2 aromatic rings. The topological polar surface area (TPSA) is 72.0 Å². The highest BCUT2D eigenvalue weighted by molar-refractivity contribution is 6.02. The van der Waals surface area contributed by atoms with Crippen LogP contribution in [0.4, 0.5) is 10.5 Å². The van der Waals surface area contributed by atoms with Gasteiger partial charge in [-0.2, -0.15) is 5.10 Å². The molecule has 0 unspecified atom stereocenters. The number of para-hydroxylation sites is 1. The van der Waals surface area contributed by atoms with Gasteiger partial charge in [0.1, 0.15) is 0 Å². The number of allylic oxidation sites excluding steroid dienone is 1. The van der Waals surface area contributed by atoms with Gasteiger partial charge in [0.05, 0.1) is 5.71 Å². The summed E-state index contributed by atoms with van der Waals surface area (Å²) in [5, 5.41) is 7.03. The van der Waals surface area contributed by atoms with Crippen LogP contribution in [0.5, 0.6) is 11.5 Å². The van der Waals surface area contributed by atoms with E-state index < -0.39 is 0 Å². The number of hydrogen-bond donors (Lipinski definition) is 2. The number of rotatable bonds is 4. The average molecular weight is 365 g/mol. The Bertz CT molecular complexity index is 868. The first-order valence-electron chi connectivity index (χ1n) is 8.70. The van der Waals surface area contributed by atoms with E-state index in [1.54, 1.807) is 0 Å². The van der Waals surface area contributed by atoms with Gasteiger partial charge in [0.2, 0.25) is 6.79 Å². The normalized spacial score (nSPS) is 13.7. The third-order valence-corrected chi connectivity index (χ3v) is 3.91. The summed E-state index contributed by atoms with van der Waals surface area (Å²) in [5.74, 6) is 1.47. The van der Waals surface area contributed by atoms with Crippen molar-refractivity contribution in [3.05, 3.63) is 60.2 Å². The number of urea groups is 1. The van der Waals surface area contributed by atoms with E-state index in [9.17, 15) is 4.79 Å². The van der Waals surface area contributed by atoms with Crippen molar-refractivity contribution in [2.45, 2.75) is 20.8 Å². The third-order valence-electron chi connectivity index (χ3n) is 3.91. The Hall–Kier alpha value is -3.28. The SMILES string of the molecule is CC(C)(C)C(/C=C/c1ccc2c(c1)OCO2)=N/NC(=O)Nc1ccccc1. The van der Waals surface area contributed by atoms with E-state index in [0.717, 1.165) is 22.8 Å². The number of anilines is 1. The van der Waals surface area contributed by atoms with Gasteiger partial charge in [-0.15, -0.1) is 0 Å². The average Bonchev–Trinajstić information content (AvgIpc) is 3.09. The van der Waals surface area contributed by atoms with Crippen molar-refractivity contribution in [3.63, 3.8) is 0 Å². The molecule has 2 N–H and O–H groups in total. The van der Waals surface area contributed by atoms with E-state index in [1.165, 1.54) is 0 Å². The van der Waals surface area contributed by atoms with Crippen LogP contribution in [0.3, 0.4) is 0 Å². The molecule has 1 aliphatic rings. The van der Waals surface area contributed by atoms with Crippen molar-refractivity contribution in [3.8, 4) is 11.5 Å². The lowest BCUT2D eigenvalue weighted by atomic mass is 9.89. The Balaban J connectivity index is 1.70. The van der Waals surface area contributed by atoms with Crippen LogP contribution in [-0.4, -0.2) is 18.5 Å². The molecule has 0 aliphatic carbocycles. The molecule has 3 rings (SSSR count). The predicted molar refractivity (Wildman–Crippen MR) is 107 cm³/mol. The quantitative estimate of drug-likeness (QED) is 0.612. The van der Waals surface area contributed by atoms with Crippen LogP contribution >= 0.6 is 0 Å². The second kappa shape index (κ2) is 7.95. The zero-order chi connectivity index (χ0) is 19.3. The Morgan fingerprint density at radius 2 is 1.81 bits per heavy atom. The van der Waals surface area contributed by atoms with Crippen LogP contribution < -0.4 is 20.2 Å². The largest absolute Gasteiger partial charge is 0.454 e. The van der Waals surface area contributed by atoms with Gasteiger partial charge in [0.15, 0.2) is 11.5 Å². The van der Waals surface area contributed by atoms with Gasteiger partial charge in [0.25, 0.3) is 0 Å². The lowest BCUT2D eigenvalue weighted by Crippen LogP contribution is -2.28. The summed E-state index contributed by atoms with van der Waals surface area (Å²) in [5.41, 5.74) is 4.72. The molecular weight excluding hydrogens is 342 g/mol. The van der Waals surface area contributed by atoms with Crippen molar-refractivity contribution in [1.29, 1.82) is 0 Å². The van der Waals surface area contributed by atoms with E-state index >= 15 is 0 Å². The fourth-order valence-corrected chi connectivity index (χ4v) is 2.44. The van der Waals surface area contributed by atoms with Crippen molar-refractivity contribution < 1.29 is 14.3 Å². The van der Waals surface area contributed by atoms with Crippen molar-refractivity contribution in [2.75, 3.05) is 12.1 Å². The van der Waals surface area contributed by atoms with E-state index in [4.69, 9.17) is 9.47 Å². The number of nitrogens with one attached hydrogen (secondary N) is 2.